The summed E-state index contributed by atoms with van der Waals surface area (Å²) in [7, 11) is -0.496. The van der Waals surface area contributed by atoms with Crippen LogP contribution in [0.25, 0.3) is 0 Å². The second kappa shape index (κ2) is 6.46. The van der Waals surface area contributed by atoms with Gasteiger partial charge in [-0.1, -0.05) is 6.07 Å². The first-order valence-electron chi connectivity index (χ1n) is 9.50. The Kier molecular flexibility index (Phi) is 4.76. The number of nitriles is 1. The van der Waals surface area contributed by atoms with Crippen LogP contribution in [0.1, 0.15) is 54.2 Å². The van der Waals surface area contributed by atoms with E-state index in [0.29, 0.717) is 5.69 Å². The van der Waals surface area contributed by atoms with Crippen molar-refractivity contribution in [1.82, 2.24) is 9.88 Å². The molecule has 1 aromatic heterocycles. The molecule has 7 nitrogen and oxygen atoms in total. The van der Waals surface area contributed by atoms with Crippen LogP contribution in [0.2, 0.25) is 0 Å². The maximum Gasteiger partial charge on any atom is 0.496 e. The van der Waals surface area contributed by atoms with Gasteiger partial charge < -0.3 is 18.9 Å². The first-order valence-corrected chi connectivity index (χ1v) is 9.50. The summed E-state index contributed by atoms with van der Waals surface area (Å²) >= 11 is 0. The lowest BCUT2D eigenvalue weighted by atomic mass is 9.76. The van der Waals surface area contributed by atoms with Crippen LogP contribution in [-0.2, 0) is 19.5 Å². The lowest BCUT2D eigenvalue weighted by Gasteiger charge is -2.45. The normalized spacial score (nSPS) is 22.4. The molecule has 1 aromatic rings. The van der Waals surface area contributed by atoms with Gasteiger partial charge in [0.2, 0.25) is 0 Å². The molecular weight excluding hydrogens is 357 g/mol. The summed E-state index contributed by atoms with van der Waals surface area (Å²) in [5.74, 6) is 0. The van der Waals surface area contributed by atoms with E-state index in [2.05, 4.69) is 11.1 Å². The summed E-state index contributed by atoms with van der Waals surface area (Å²) in [6.45, 7) is 14.0. The fourth-order valence-corrected chi connectivity index (χ4v) is 3.16. The van der Waals surface area contributed by atoms with Gasteiger partial charge in [0.1, 0.15) is 11.0 Å². The van der Waals surface area contributed by atoms with Gasteiger partial charge in [-0.25, -0.2) is 4.79 Å². The lowest BCUT2D eigenvalue weighted by Crippen LogP contribution is -2.61. The molecule has 28 heavy (non-hydrogen) atoms. The number of carbonyl (C=O) groups is 1. The number of pyridine rings is 1. The summed E-state index contributed by atoms with van der Waals surface area (Å²) in [5, 5.41) is 9.72. The number of rotatable bonds is 2. The molecule has 2 saturated heterocycles. The molecule has 0 aliphatic carbocycles. The van der Waals surface area contributed by atoms with Gasteiger partial charge in [-0.2, -0.15) is 5.26 Å². The second-order valence-corrected chi connectivity index (χ2v) is 9.60. The van der Waals surface area contributed by atoms with E-state index in [1.807, 2.05) is 60.6 Å². The van der Waals surface area contributed by atoms with Gasteiger partial charge in [0.15, 0.2) is 0 Å². The first-order chi connectivity index (χ1) is 12.8. The molecule has 8 heteroatoms. The number of carbonyl (C=O) groups excluding carboxylic acids is 1. The molecule has 0 bridgehead atoms. The first kappa shape index (κ1) is 20.6. The Morgan fingerprint density at radius 2 is 1.79 bits per heavy atom. The fraction of sp³-hybridized carbons (Fsp3) is 0.650. The number of likely N-dealkylation sites (tertiary alicyclic amines) is 1. The van der Waals surface area contributed by atoms with Crippen LogP contribution in [-0.4, -0.2) is 53.0 Å². The predicted octanol–water partition coefficient (Wildman–Crippen LogP) is 2.39. The van der Waals surface area contributed by atoms with E-state index >= 15 is 0 Å². The van der Waals surface area contributed by atoms with Crippen molar-refractivity contribution in [3.8, 4) is 6.07 Å². The molecule has 2 fully saturated rings. The molecule has 0 radical (unpaired) electrons. The van der Waals surface area contributed by atoms with Crippen LogP contribution in [0.15, 0.2) is 18.3 Å². The molecule has 2 aliphatic rings. The number of ether oxygens (including phenoxy) is 1. The van der Waals surface area contributed by atoms with Crippen LogP contribution >= 0.6 is 0 Å². The molecule has 0 aromatic carbocycles. The maximum atomic E-state index is 12.2. The Labute approximate surface area is 167 Å². The summed E-state index contributed by atoms with van der Waals surface area (Å²) in [6, 6.07) is 6.01. The molecule has 3 heterocycles. The highest BCUT2D eigenvalue weighted by atomic mass is 16.7. The number of hydrogen-bond donors (Lipinski definition) is 0. The largest absolute Gasteiger partial charge is 0.496 e. The van der Waals surface area contributed by atoms with Crippen molar-refractivity contribution in [2.45, 2.75) is 70.7 Å². The molecule has 2 aliphatic heterocycles. The van der Waals surface area contributed by atoms with Gasteiger partial charge in [-0.3, -0.25) is 4.98 Å². The summed E-state index contributed by atoms with van der Waals surface area (Å²) in [4.78, 5) is 18.2. The highest BCUT2D eigenvalue weighted by molar-refractivity contribution is 6.62. The van der Waals surface area contributed by atoms with Gasteiger partial charge in [-0.15, -0.1) is 0 Å². The van der Waals surface area contributed by atoms with Crippen molar-refractivity contribution in [3.05, 3.63) is 24.0 Å². The smallest absolute Gasteiger partial charge is 0.444 e. The third kappa shape index (κ3) is 3.61. The SMILES string of the molecule is CC(C)(C)OC(=O)N1CC(C#N)(c2ccc(B3OC(C)(C)C(C)(C)O3)cn2)C1. The maximum absolute atomic E-state index is 12.2. The molecule has 0 unspecified atom stereocenters. The van der Waals surface area contributed by atoms with E-state index in [4.69, 9.17) is 14.0 Å². The van der Waals surface area contributed by atoms with Gasteiger partial charge >= 0.3 is 13.2 Å². The van der Waals surface area contributed by atoms with Gasteiger partial charge in [0.25, 0.3) is 0 Å². The van der Waals surface area contributed by atoms with E-state index in [1.165, 1.54) is 4.90 Å². The number of aromatic nitrogens is 1. The third-order valence-corrected chi connectivity index (χ3v) is 5.59. The van der Waals surface area contributed by atoms with Crippen molar-refractivity contribution in [3.63, 3.8) is 0 Å². The Balaban J connectivity index is 1.70. The topological polar surface area (TPSA) is 84.7 Å². The zero-order chi connectivity index (χ0) is 21.0. The molecule has 0 atom stereocenters. The molecule has 1 amide bonds. The van der Waals surface area contributed by atoms with E-state index in [0.717, 1.165) is 5.46 Å². The zero-order valence-electron chi connectivity index (χ0n) is 17.7. The average molecular weight is 385 g/mol. The van der Waals surface area contributed by atoms with Gasteiger partial charge in [0, 0.05) is 11.7 Å². The van der Waals surface area contributed by atoms with Crippen molar-refractivity contribution in [2.75, 3.05) is 13.1 Å². The van der Waals surface area contributed by atoms with Gasteiger partial charge in [0.05, 0.1) is 36.1 Å². The molecule has 150 valence electrons. The molecular formula is C20H28BN3O4. The van der Waals surface area contributed by atoms with E-state index in [1.54, 1.807) is 6.20 Å². The Bertz CT molecular complexity index is 786. The summed E-state index contributed by atoms with van der Waals surface area (Å²) in [6.07, 6.45) is 1.28. The summed E-state index contributed by atoms with van der Waals surface area (Å²) in [5.41, 5.74) is -0.789. The molecule has 3 rings (SSSR count). The highest BCUT2D eigenvalue weighted by Crippen LogP contribution is 2.37. The molecule has 0 saturated carbocycles. The van der Waals surface area contributed by atoms with Crippen LogP contribution in [0.5, 0.6) is 0 Å². The van der Waals surface area contributed by atoms with Crippen LogP contribution in [0, 0.1) is 11.3 Å². The Morgan fingerprint density at radius 1 is 1.21 bits per heavy atom. The highest BCUT2D eigenvalue weighted by Gasteiger charge is 2.52. The Hall–Kier alpha value is -2.11. The molecule has 0 spiro atoms. The monoisotopic (exact) mass is 385 g/mol. The Morgan fingerprint density at radius 3 is 2.21 bits per heavy atom. The van der Waals surface area contributed by atoms with Crippen molar-refractivity contribution < 1.29 is 18.8 Å². The van der Waals surface area contributed by atoms with E-state index in [9.17, 15) is 10.1 Å². The van der Waals surface area contributed by atoms with E-state index < -0.39 is 35.4 Å². The minimum absolute atomic E-state index is 0.265. The lowest BCUT2D eigenvalue weighted by molar-refractivity contribution is -0.000991. The second-order valence-electron chi connectivity index (χ2n) is 9.60. The van der Waals surface area contributed by atoms with Crippen LogP contribution < -0.4 is 5.46 Å². The standard InChI is InChI=1S/C20H28BN3O4/c1-17(2,3)26-16(25)24-12-20(11-22,13-24)15-9-8-14(10-23-15)21-27-18(4,5)19(6,7)28-21/h8-10H,12-13H2,1-7H3. The van der Waals surface area contributed by atoms with Crippen LogP contribution in [0.3, 0.4) is 0 Å². The predicted molar refractivity (Wildman–Crippen MR) is 105 cm³/mol. The summed E-state index contributed by atoms with van der Waals surface area (Å²) < 4.78 is 17.4. The van der Waals surface area contributed by atoms with Gasteiger partial charge in [-0.05, 0) is 54.5 Å². The quantitative estimate of drug-likeness (QED) is 0.727. The number of nitrogens with zero attached hydrogens (tertiary/aromatic N) is 3. The van der Waals surface area contributed by atoms with E-state index in [-0.39, 0.29) is 13.1 Å². The molecule has 0 N–H and O–H groups in total. The minimum atomic E-state index is -0.814. The third-order valence-electron chi connectivity index (χ3n) is 5.59. The van der Waals surface area contributed by atoms with Crippen molar-refractivity contribution in [1.29, 1.82) is 5.26 Å². The van der Waals surface area contributed by atoms with Crippen molar-refractivity contribution >= 4 is 18.7 Å². The minimum Gasteiger partial charge on any atom is -0.444 e. The fourth-order valence-electron chi connectivity index (χ4n) is 3.16. The zero-order valence-corrected chi connectivity index (χ0v) is 17.7. The van der Waals surface area contributed by atoms with Crippen LogP contribution in [0.4, 0.5) is 4.79 Å². The average Bonchev–Trinajstić information content (AvgIpc) is 2.74. The number of hydrogen-bond acceptors (Lipinski definition) is 6. The van der Waals surface area contributed by atoms with Crippen molar-refractivity contribution in [2.24, 2.45) is 0 Å². The number of amides is 1.